The van der Waals surface area contributed by atoms with Crippen LogP contribution in [0.25, 0.3) is 0 Å². The molecule has 3 rings (SSSR count). The van der Waals surface area contributed by atoms with E-state index in [4.69, 9.17) is 0 Å². The summed E-state index contributed by atoms with van der Waals surface area (Å²) in [6, 6.07) is 1.98. The van der Waals surface area contributed by atoms with Crippen LogP contribution in [0.4, 0.5) is 5.82 Å². The Morgan fingerprint density at radius 1 is 1.30 bits per heavy atom. The van der Waals surface area contributed by atoms with Gasteiger partial charge in [-0.25, -0.2) is 9.97 Å². The van der Waals surface area contributed by atoms with E-state index in [9.17, 15) is 5.11 Å². The number of aromatic nitrogens is 5. The van der Waals surface area contributed by atoms with Gasteiger partial charge in [-0.2, -0.15) is 0 Å². The monoisotopic (exact) mass is 274 g/mol. The molecule has 1 aliphatic carbocycles. The lowest BCUT2D eigenvalue weighted by Crippen LogP contribution is -2.27. The molecule has 1 saturated carbocycles. The first-order chi connectivity index (χ1) is 9.70. The number of nitrogens with one attached hydrogen (secondary N) is 1. The van der Waals surface area contributed by atoms with E-state index in [2.05, 4.69) is 25.5 Å². The van der Waals surface area contributed by atoms with Gasteiger partial charge in [0.2, 0.25) is 0 Å². The Kier molecular flexibility index (Phi) is 3.60. The summed E-state index contributed by atoms with van der Waals surface area (Å²) < 4.78 is 1.91. The number of nitrogens with zero attached hydrogens (tertiary/aromatic N) is 5. The quantitative estimate of drug-likeness (QED) is 0.835. The molecule has 2 aromatic heterocycles. The predicted molar refractivity (Wildman–Crippen MR) is 73.3 cm³/mol. The summed E-state index contributed by atoms with van der Waals surface area (Å²) in [6.07, 6.45) is 4.82. The minimum atomic E-state index is -0.166. The fourth-order valence-electron chi connectivity index (χ4n) is 2.37. The van der Waals surface area contributed by atoms with Crippen molar-refractivity contribution in [1.82, 2.24) is 24.7 Å². The predicted octanol–water partition coefficient (Wildman–Crippen LogP) is 0.727. The molecule has 0 unspecified atom stereocenters. The maximum absolute atomic E-state index is 9.39. The van der Waals surface area contributed by atoms with E-state index in [-0.39, 0.29) is 6.10 Å². The molecule has 0 aromatic carbocycles. The molecule has 2 aromatic rings. The van der Waals surface area contributed by atoms with Gasteiger partial charge in [-0.3, -0.25) is 0 Å². The number of hydrogen-bond acceptors (Lipinski definition) is 6. The summed E-state index contributed by atoms with van der Waals surface area (Å²) in [5.41, 5.74) is 1.02. The zero-order valence-corrected chi connectivity index (χ0v) is 11.4. The highest BCUT2D eigenvalue weighted by atomic mass is 16.3. The van der Waals surface area contributed by atoms with E-state index >= 15 is 0 Å². The van der Waals surface area contributed by atoms with Crippen molar-refractivity contribution < 1.29 is 5.11 Å². The second kappa shape index (κ2) is 5.54. The van der Waals surface area contributed by atoms with Crippen LogP contribution in [0.5, 0.6) is 0 Å². The summed E-state index contributed by atoms with van der Waals surface area (Å²) in [5, 5.41) is 20.2. The van der Waals surface area contributed by atoms with Crippen molar-refractivity contribution in [3.63, 3.8) is 0 Å². The fourth-order valence-corrected chi connectivity index (χ4v) is 2.37. The Hall–Kier alpha value is -2.02. The normalized spacial score (nSPS) is 21.5. The van der Waals surface area contributed by atoms with Gasteiger partial charge in [-0.15, -0.1) is 10.2 Å². The summed E-state index contributed by atoms with van der Waals surface area (Å²) in [5.74, 6) is 1.96. The van der Waals surface area contributed by atoms with Gasteiger partial charge >= 0.3 is 0 Å². The third kappa shape index (κ3) is 2.93. The summed E-state index contributed by atoms with van der Waals surface area (Å²) >= 11 is 0. The van der Waals surface area contributed by atoms with Crippen LogP contribution in [0, 0.1) is 6.92 Å². The molecule has 2 heterocycles. The van der Waals surface area contributed by atoms with E-state index in [0.29, 0.717) is 5.92 Å². The maximum atomic E-state index is 9.39. The molecule has 1 aliphatic rings. The number of aliphatic hydroxyl groups is 1. The van der Waals surface area contributed by atoms with E-state index in [0.717, 1.165) is 43.3 Å². The molecule has 20 heavy (non-hydrogen) atoms. The first-order valence-electron chi connectivity index (χ1n) is 6.80. The van der Waals surface area contributed by atoms with E-state index in [1.54, 1.807) is 12.7 Å². The Bertz CT molecular complexity index is 564. The second-order valence-electron chi connectivity index (χ2n) is 5.17. The van der Waals surface area contributed by atoms with Gasteiger partial charge in [0.25, 0.3) is 0 Å². The van der Waals surface area contributed by atoms with E-state index < -0.39 is 0 Å². The highest BCUT2D eigenvalue weighted by molar-refractivity contribution is 5.37. The van der Waals surface area contributed by atoms with Crippen LogP contribution in [0.1, 0.15) is 30.3 Å². The molecule has 0 aliphatic heterocycles. The van der Waals surface area contributed by atoms with Crippen LogP contribution >= 0.6 is 0 Å². The second-order valence-corrected chi connectivity index (χ2v) is 5.17. The molecule has 106 valence electrons. The number of anilines is 1. The fraction of sp³-hybridized carbons (Fsp3) is 0.538. The minimum Gasteiger partial charge on any atom is -0.393 e. The number of aryl methyl sites for hydroxylation is 1. The first-order valence-corrected chi connectivity index (χ1v) is 6.80. The van der Waals surface area contributed by atoms with Crippen LogP contribution in [-0.2, 0) is 6.54 Å². The molecule has 0 radical (unpaired) electrons. The number of aliphatic hydroxyl groups excluding tert-OH is 1. The van der Waals surface area contributed by atoms with Gasteiger partial charge in [0.05, 0.1) is 6.10 Å². The molecule has 0 saturated heterocycles. The van der Waals surface area contributed by atoms with Crippen molar-refractivity contribution >= 4 is 5.82 Å². The highest BCUT2D eigenvalue weighted by Crippen LogP contribution is 2.36. The van der Waals surface area contributed by atoms with Crippen LogP contribution in [-0.4, -0.2) is 42.5 Å². The van der Waals surface area contributed by atoms with Crippen molar-refractivity contribution in [3.8, 4) is 0 Å². The summed E-state index contributed by atoms with van der Waals surface area (Å²) in [6.45, 7) is 3.43. The third-order valence-corrected chi connectivity index (χ3v) is 3.53. The molecule has 2 N–H and O–H groups in total. The van der Waals surface area contributed by atoms with E-state index in [1.807, 2.05) is 17.6 Å². The average Bonchev–Trinajstić information content (AvgIpc) is 2.87. The molecule has 0 amide bonds. The zero-order valence-electron chi connectivity index (χ0n) is 11.4. The molecule has 7 heteroatoms. The summed E-state index contributed by atoms with van der Waals surface area (Å²) in [7, 11) is 0. The third-order valence-electron chi connectivity index (χ3n) is 3.53. The van der Waals surface area contributed by atoms with Crippen molar-refractivity contribution in [2.45, 2.75) is 38.3 Å². The Balaban J connectivity index is 1.61. The van der Waals surface area contributed by atoms with Crippen LogP contribution in [0.3, 0.4) is 0 Å². The number of hydrogen-bond donors (Lipinski definition) is 2. The molecule has 1 fully saturated rings. The molecular weight excluding hydrogens is 256 g/mol. The topological polar surface area (TPSA) is 88.8 Å². The minimum absolute atomic E-state index is 0.166. The van der Waals surface area contributed by atoms with Crippen LogP contribution < -0.4 is 5.32 Å². The Labute approximate surface area is 117 Å². The molecule has 0 spiro atoms. The van der Waals surface area contributed by atoms with Crippen LogP contribution in [0.15, 0.2) is 18.7 Å². The zero-order chi connectivity index (χ0) is 13.9. The first kappa shape index (κ1) is 13.0. The van der Waals surface area contributed by atoms with Gasteiger partial charge in [-0.05, 0) is 19.8 Å². The van der Waals surface area contributed by atoms with Crippen molar-refractivity contribution in [3.05, 3.63) is 30.2 Å². The average molecular weight is 274 g/mol. The lowest BCUT2D eigenvalue weighted by atomic mass is 9.80. The molecule has 0 bridgehead atoms. The Morgan fingerprint density at radius 3 is 2.75 bits per heavy atom. The van der Waals surface area contributed by atoms with Gasteiger partial charge in [-0.1, -0.05) is 0 Å². The van der Waals surface area contributed by atoms with Crippen molar-refractivity contribution in [1.29, 1.82) is 0 Å². The highest BCUT2D eigenvalue weighted by Gasteiger charge is 2.30. The molecule has 7 nitrogen and oxygen atoms in total. The van der Waals surface area contributed by atoms with Gasteiger partial charge in [0, 0.05) is 30.8 Å². The Morgan fingerprint density at radius 2 is 2.05 bits per heavy atom. The smallest absolute Gasteiger partial charge is 0.129 e. The molecular formula is C13H18N6O. The standard InChI is InChI=1S/C13H18N6O/c1-9-17-12(10-4-11(20)5-10)6-13(18-9)14-2-3-19-7-15-16-8-19/h6-8,10-11,20H,2-5H2,1H3,(H,14,17,18). The maximum Gasteiger partial charge on any atom is 0.129 e. The SMILES string of the molecule is Cc1nc(NCCn2cnnc2)cc(C2CC(O)C2)n1. The lowest BCUT2D eigenvalue weighted by Gasteiger charge is -2.31. The molecule has 0 atom stereocenters. The lowest BCUT2D eigenvalue weighted by molar-refractivity contribution is 0.0731. The van der Waals surface area contributed by atoms with Crippen molar-refractivity contribution in [2.75, 3.05) is 11.9 Å². The summed E-state index contributed by atoms with van der Waals surface area (Å²) in [4.78, 5) is 8.85. The van der Waals surface area contributed by atoms with Gasteiger partial charge in [0.15, 0.2) is 0 Å². The largest absolute Gasteiger partial charge is 0.393 e. The van der Waals surface area contributed by atoms with Gasteiger partial charge < -0.3 is 15.0 Å². The van der Waals surface area contributed by atoms with Crippen LogP contribution in [0.2, 0.25) is 0 Å². The number of rotatable bonds is 5. The van der Waals surface area contributed by atoms with E-state index in [1.165, 1.54) is 0 Å². The van der Waals surface area contributed by atoms with Crippen molar-refractivity contribution in [2.24, 2.45) is 0 Å². The van der Waals surface area contributed by atoms with Gasteiger partial charge in [0.1, 0.15) is 24.3 Å².